The Kier molecular flexibility index (Phi) is 7.97. The molecule has 12 heteroatoms. The Labute approximate surface area is 173 Å². The first kappa shape index (κ1) is 21.1. The smallest absolute Gasteiger partial charge is 0.306 e. The van der Waals surface area contributed by atoms with Crippen LogP contribution in [0.4, 0.5) is 5.69 Å². The van der Waals surface area contributed by atoms with Crippen LogP contribution < -0.4 is 5.32 Å². The number of aliphatic imine (C=N–C) groups is 1. The van der Waals surface area contributed by atoms with Gasteiger partial charge in [-0.2, -0.15) is 5.10 Å². The van der Waals surface area contributed by atoms with E-state index in [0.29, 0.717) is 13.1 Å². The van der Waals surface area contributed by atoms with Gasteiger partial charge < -0.3 is 14.7 Å². The van der Waals surface area contributed by atoms with Crippen molar-refractivity contribution >= 4 is 35.6 Å². The summed E-state index contributed by atoms with van der Waals surface area (Å²) in [7, 11) is 1.75. The topological polar surface area (TPSA) is 118 Å². The Morgan fingerprint density at radius 1 is 1.41 bits per heavy atom. The second kappa shape index (κ2) is 10.2. The highest BCUT2D eigenvalue weighted by Crippen LogP contribution is 2.08. The first-order valence-corrected chi connectivity index (χ1v) is 8.40. The molecular weight excluding hydrogens is 467 g/mol. The first-order valence-electron chi connectivity index (χ1n) is 8.40. The number of hydrogen-bond acceptors (Lipinski definition) is 7. The van der Waals surface area contributed by atoms with Gasteiger partial charge >= 0.3 is 5.69 Å². The van der Waals surface area contributed by atoms with Crippen LogP contribution in [0, 0.1) is 10.1 Å². The number of rotatable bonds is 6. The average molecular weight is 490 g/mol. The lowest BCUT2D eigenvalue weighted by Gasteiger charge is -2.36. The van der Waals surface area contributed by atoms with Gasteiger partial charge in [-0.25, -0.2) is 0 Å². The molecule has 0 saturated carbocycles. The third-order valence-corrected chi connectivity index (χ3v) is 4.21. The van der Waals surface area contributed by atoms with Crippen LogP contribution in [0.25, 0.3) is 0 Å². The summed E-state index contributed by atoms with van der Waals surface area (Å²) in [5.74, 6) is 0.827. The summed E-state index contributed by atoms with van der Waals surface area (Å²) in [6.45, 7) is 5.46. The van der Waals surface area contributed by atoms with Crippen LogP contribution in [0.1, 0.15) is 5.69 Å². The molecule has 1 fully saturated rings. The molecule has 148 valence electrons. The summed E-state index contributed by atoms with van der Waals surface area (Å²) < 4.78 is 6.42. The van der Waals surface area contributed by atoms with Crippen LogP contribution in [0.5, 0.6) is 0 Å². The maximum Gasteiger partial charge on any atom is 0.306 e. The third kappa shape index (κ3) is 5.89. The zero-order chi connectivity index (χ0) is 18.4. The van der Waals surface area contributed by atoms with Crippen LogP contribution >= 0.6 is 24.0 Å². The van der Waals surface area contributed by atoms with Gasteiger partial charge in [-0.05, 0) is 0 Å². The second-order valence-electron chi connectivity index (χ2n) is 5.95. The summed E-state index contributed by atoms with van der Waals surface area (Å²) in [5, 5.41) is 21.9. The molecule has 3 heterocycles. The lowest BCUT2D eigenvalue weighted by atomic mass is 10.3. The number of nitrogens with one attached hydrogen (secondary N) is 1. The highest BCUT2D eigenvalue weighted by atomic mass is 127. The third-order valence-electron chi connectivity index (χ3n) is 4.21. The van der Waals surface area contributed by atoms with E-state index in [4.69, 9.17) is 4.52 Å². The van der Waals surface area contributed by atoms with Crippen molar-refractivity contribution in [3.63, 3.8) is 0 Å². The molecule has 0 atom stereocenters. The molecule has 1 saturated heterocycles. The van der Waals surface area contributed by atoms with Gasteiger partial charge in [-0.3, -0.25) is 24.7 Å². The van der Waals surface area contributed by atoms with Crippen molar-refractivity contribution in [3.05, 3.63) is 40.5 Å². The second-order valence-corrected chi connectivity index (χ2v) is 5.95. The number of nitrogens with zero attached hydrogens (tertiary/aromatic N) is 7. The monoisotopic (exact) mass is 490 g/mol. The maximum atomic E-state index is 10.7. The summed E-state index contributed by atoms with van der Waals surface area (Å²) in [4.78, 5) is 19.1. The predicted molar refractivity (Wildman–Crippen MR) is 109 cm³/mol. The van der Waals surface area contributed by atoms with Crippen molar-refractivity contribution in [3.8, 4) is 0 Å². The first-order chi connectivity index (χ1) is 12.7. The minimum Gasteiger partial charge on any atom is -0.364 e. The van der Waals surface area contributed by atoms with Crippen molar-refractivity contribution in [2.75, 3.05) is 39.8 Å². The van der Waals surface area contributed by atoms with E-state index < -0.39 is 4.92 Å². The van der Waals surface area contributed by atoms with Crippen LogP contribution in [0.3, 0.4) is 0 Å². The van der Waals surface area contributed by atoms with Gasteiger partial charge in [-0.1, -0.05) is 5.16 Å². The quantitative estimate of drug-likeness (QED) is 0.208. The Balaban J connectivity index is 0.00000261. The van der Waals surface area contributed by atoms with Gasteiger partial charge in [0.05, 0.1) is 17.2 Å². The highest BCUT2D eigenvalue weighted by Gasteiger charge is 2.20. The van der Waals surface area contributed by atoms with Crippen LogP contribution in [0.2, 0.25) is 0 Å². The maximum absolute atomic E-state index is 10.7. The molecule has 0 bridgehead atoms. The fourth-order valence-corrected chi connectivity index (χ4v) is 2.85. The summed E-state index contributed by atoms with van der Waals surface area (Å²) in [5.41, 5.74) is 0.937. The Hall–Kier alpha value is -2.22. The van der Waals surface area contributed by atoms with Crippen molar-refractivity contribution in [1.82, 2.24) is 30.1 Å². The van der Waals surface area contributed by atoms with Crippen molar-refractivity contribution in [2.45, 2.75) is 13.1 Å². The van der Waals surface area contributed by atoms with Crippen LogP contribution in [0.15, 0.2) is 34.2 Å². The number of guanidine groups is 1. The van der Waals surface area contributed by atoms with E-state index in [0.717, 1.165) is 44.4 Å². The Bertz CT molecular complexity index is 740. The zero-order valence-electron chi connectivity index (χ0n) is 15.0. The number of piperazine rings is 1. The van der Waals surface area contributed by atoms with E-state index in [1.807, 2.05) is 6.07 Å². The van der Waals surface area contributed by atoms with Crippen LogP contribution in [-0.2, 0) is 13.1 Å². The lowest BCUT2D eigenvalue weighted by molar-refractivity contribution is -0.385. The molecule has 1 aliphatic heterocycles. The van der Waals surface area contributed by atoms with Gasteiger partial charge in [-0.15, -0.1) is 24.0 Å². The fourth-order valence-electron chi connectivity index (χ4n) is 2.85. The molecule has 27 heavy (non-hydrogen) atoms. The zero-order valence-corrected chi connectivity index (χ0v) is 17.4. The summed E-state index contributed by atoms with van der Waals surface area (Å²) in [6.07, 6.45) is 4.27. The molecule has 0 amide bonds. The molecule has 0 aliphatic carbocycles. The average Bonchev–Trinajstić information content (AvgIpc) is 3.32. The molecule has 2 aromatic rings. The van der Waals surface area contributed by atoms with E-state index in [9.17, 15) is 10.1 Å². The summed E-state index contributed by atoms with van der Waals surface area (Å²) in [6, 6.07) is 1.88. The molecule has 1 N–H and O–H groups in total. The molecule has 2 aromatic heterocycles. The molecule has 11 nitrogen and oxygen atoms in total. The minimum absolute atomic E-state index is 0. The van der Waals surface area contributed by atoms with E-state index in [-0.39, 0.29) is 29.7 Å². The van der Waals surface area contributed by atoms with Gasteiger partial charge in [0, 0.05) is 52.4 Å². The minimum atomic E-state index is -0.450. The number of hydrogen-bond donors (Lipinski definition) is 1. The van der Waals surface area contributed by atoms with E-state index in [1.54, 1.807) is 18.0 Å². The molecule has 0 aromatic carbocycles. The molecular formula is C15H23IN8O3. The van der Waals surface area contributed by atoms with Crippen molar-refractivity contribution in [1.29, 1.82) is 0 Å². The standard InChI is InChI=1S/C15H22N8O3.HI/c1-16-15(17-3-4-22-12-14(10-18-22)23(24)25)21-7-5-20(6-8-21)11-13-2-9-26-19-13;/h2,9-10,12H,3-8,11H2,1H3,(H,16,17);1H. The highest BCUT2D eigenvalue weighted by molar-refractivity contribution is 14.0. The molecule has 0 radical (unpaired) electrons. The number of aromatic nitrogens is 3. The van der Waals surface area contributed by atoms with Gasteiger partial charge in [0.2, 0.25) is 0 Å². The van der Waals surface area contributed by atoms with Crippen molar-refractivity contribution < 1.29 is 9.45 Å². The van der Waals surface area contributed by atoms with Crippen molar-refractivity contribution in [2.24, 2.45) is 4.99 Å². The van der Waals surface area contributed by atoms with E-state index in [2.05, 4.69) is 30.4 Å². The van der Waals surface area contributed by atoms with E-state index in [1.165, 1.54) is 12.4 Å². The van der Waals surface area contributed by atoms with Gasteiger partial charge in [0.15, 0.2) is 5.96 Å². The molecule has 3 rings (SSSR count). The van der Waals surface area contributed by atoms with Gasteiger partial charge in [0.1, 0.15) is 18.7 Å². The van der Waals surface area contributed by atoms with Gasteiger partial charge in [0.25, 0.3) is 0 Å². The van der Waals surface area contributed by atoms with E-state index >= 15 is 0 Å². The fraction of sp³-hybridized carbons (Fsp3) is 0.533. The molecule has 1 aliphatic rings. The summed E-state index contributed by atoms with van der Waals surface area (Å²) >= 11 is 0. The predicted octanol–water partition coefficient (Wildman–Crippen LogP) is 0.790. The SMILES string of the molecule is CN=C(NCCn1cc([N+](=O)[O-])cn1)N1CCN(Cc2ccon2)CC1.I. The molecule has 0 unspecified atom stereocenters. The largest absolute Gasteiger partial charge is 0.364 e. The molecule has 0 spiro atoms. The Morgan fingerprint density at radius 2 is 2.19 bits per heavy atom. The normalized spacial score (nSPS) is 15.4. The Morgan fingerprint density at radius 3 is 2.78 bits per heavy atom. The lowest BCUT2D eigenvalue weighted by Crippen LogP contribution is -2.52. The number of halogens is 1. The van der Waals surface area contributed by atoms with Crippen LogP contribution in [-0.4, -0.2) is 75.4 Å². The number of nitro groups is 1.